The summed E-state index contributed by atoms with van der Waals surface area (Å²) in [5, 5.41) is 13.7. The molecule has 2 N–H and O–H groups in total. The van der Waals surface area contributed by atoms with Crippen molar-refractivity contribution in [1.82, 2.24) is 24.8 Å². The van der Waals surface area contributed by atoms with Crippen LogP contribution in [0.3, 0.4) is 0 Å². The summed E-state index contributed by atoms with van der Waals surface area (Å²) in [5.41, 5.74) is 7.05. The minimum Gasteiger partial charge on any atom is -0.385 e. The molecule has 0 spiro atoms. The largest absolute Gasteiger partial charge is 0.385 e. The quantitative estimate of drug-likeness (QED) is 0.697. The number of nitrogens with zero attached hydrogens (tertiary/aromatic N) is 5. The van der Waals surface area contributed by atoms with Gasteiger partial charge in [-0.2, -0.15) is 9.61 Å². The molecule has 3 aromatic heterocycles. The lowest BCUT2D eigenvalue weighted by atomic mass is 10.2. The number of rotatable bonds is 6. The Morgan fingerprint density at radius 2 is 2.33 bits per heavy atom. The third-order valence-electron chi connectivity index (χ3n) is 3.11. The normalized spacial score (nSPS) is 12.9. The van der Waals surface area contributed by atoms with Crippen LogP contribution in [0.4, 0.5) is 0 Å². The van der Waals surface area contributed by atoms with Gasteiger partial charge in [0.25, 0.3) is 0 Å². The van der Waals surface area contributed by atoms with Gasteiger partial charge in [-0.1, -0.05) is 11.3 Å². The van der Waals surface area contributed by atoms with Crippen LogP contribution in [0, 0.1) is 0 Å². The van der Waals surface area contributed by atoms with Crippen molar-refractivity contribution < 1.29 is 4.74 Å². The van der Waals surface area contributed by atoms with E-state index in [0.29, 0.717) is 12.4 Å². The summed E-state index contributed by atoms with van der Waals surface area (Å²) in [7, 11) is 1.69. The van der Waals surface area contributed by atoms with Crippen LogP contribution in [-0.4, -0.2) is 38.5 Å². The molecule has 0 amide bonds. The molecule has 0 saturated heterocycles. The fraction of sp³-hybridized carbons (Fsp3) is 0.385. The molecule has 21 heavy (non-hydrogen) atoms. The van der Waals surface area contributed by atoms with Crippen molar-refractivity contribution in [3.63, 3.8) is 0 Å². The zero-order valence-electron chi connectivity index (χ0n) is 11.6. The number of nitrogens with two attached hydrogens (primary N) is 1. The molecule has 0 aliphatic rings. The van der Waals surface area contributed by atoms with Gasteiger partial charge < -0.3 is 10.5 Å². The van der Waals surface area contributed by atoms with Crippen LogP contribution >= 0.6 is 11.3 Å². The second-order valence-electron chi connectivity index (χ2n) is 4.64. The third kappa shape index (κ3) is 2.92. The van der Waals surface area contributed by atoms with Crippen molar-refractivity contribution in [2.24, 2.45) is 5.73 Å². The fourth-order valence-electron chi connectivity index (χ4n) is 2.03. The van der Waals surface area contributed by atoms with E-state index >= 15 is 0 Å². The molecule has 1 unspecified atom stereocenters. The minimum atomic E-state index is -0.103. The number of methoxy groups -OCH3 is 1. The Labute approximate surface area is 125 Å². The molecular weight excluding hydrogens is 288 g/mol. The SMILES string of the molecule is COCCCC(N)c1nn2c(-c3cccnc3)nnc2s1. The molecule has 3 aromatic rings. The van der Waals surface area contributed by atoms with Crippen molar-refractivity contribution in [2.45, 2.75) is 18.9 Å². The first-order valence-corrected chi connectivity index (χ1v) is 7.48. The predicted molar refractivity (Wildman–Crippen MR) is 79.9 cm³/mol. The van der Waals surface area contributed by atoms with Gasteiger partial charge in [0.15, 0.2) is 5.82 Å². The van der Waals surface area contributed by atoms with Gasteiger partial charge in [-0.15, -0.1) is 10.2 Å². The van der Waals surface area contributed by atoms with Gasteiger partial charge >= 0.3 is 0 Å². The van der Waals surface area contributed by atoms with Gasteiger partial charge in [-0.25, -0.2) is 0 Å². The Bertz CT molecular complexity index is 710. The Kier molecular flexibility index (Phi) is 4.18. The molecule has 0 aliphatic heterocycles. The van der Waals surface area contributed by atoms with E-state index in [1.807, 2.05) is 12.1 Å². The summed E-state index contributed by atoms with van der Waals surface area (Å²) >= 11 is 1.47. The van der Waals surface area contributed by atoms with Crippen molar-refractivity contribution in [3.8, 4) is 11.4 Å². The van der Waals surface area contributed by atoms with E-state index in [0.717, 1.165) is 28.4 Å². The molecular formula is C13H16N6OS. The lowest BCUT2D eigenvalue weighted by Gasteiger charge is -2.06. The lowest BCUT2D eigenvalue weighted by Crippen LogP contribution is -2.11. The first-order chi connectivity index (χ1) is 10.3. The van der Waals surface area contributed by atoms with Crippen LogP contribution in [-0.2, 0) is 4.74 Å². The van der Waals surface area contributed by atoms with Gasteiger partial charge in [0.1, 0.15) is 5.01 Å². The zero-order chi connectivity index (χ0) is 14.7. The van der Waals surface area contributed by atoms with Crippen LogP contribution in [0.2, 0.25) is 0 Å². The Balaban J connectivity index is 1.86. The highest BCUT2D eigenvalue weighted by molar-refractivity contribution is 7.16. The number of hydrogen-bond acceptors (Lipinski definition) is 7. The number of ether oxygens (including phenoxy) is 1. The molecule has 110 valence electrons. The third-order valence-corrected chi connectivity index (χ3v) is 4.14. The highest BCUT2D eigenvalue weighted by Gasteiger charge is 2.17. The van der Waals surface area contributed by atoms with E-state index in [1.54, 1.807) is 24.0 Å². The summed E-state index contributed by atoms with van der Waals surface area (Å²) in [4.78, 5) is 4.84. The van der Waals surface area contributed by atoms with E-state index in [1.165, 1.54) is 11.3 Å². The molecule has 0 aliphatic carbocycles. The minimum absolute atomic E-state index is 0.103. The van der Waals surface area contributed by atoms with Crippen LogP contribution in [0.15, 0.2) is 24.5 Å². The van der Waals surface area contributed by atoms with Crippen LogP contribution in [0.25, 0.3) is 16.3 Å². The predicted octanol–water partition coefficient (Wildman–Crippen LogP) is 1.67. The van der Waals surface area contributed by atoms with Gasteiger partial charge in [0.05, 0.1) is 6.04 Å². The van der Waals surface area contributed by atoms with Crippen molar-refractivity contribution in [2.75, 3.05) is 13.7 Å². The van der Waals surface area contributed by atoms with Gasteiger partial charge in [0, 0.05) is 31.7 Å². The van der Waals surface area contributed by atoms with E-state index in [9.17, 15) is 0 Å². The number of aromatic nitrogens is 5. The molecule has 1 atom stereocenters. The summed E-state index contributed by atoms with van der Waals surface area (Å²) in [6, 6.07) is 3.69. The smallest absolute Gasteiger partial charge is 0.235 e. The second kappa shape index (κ2) is 6.25. The Morgan fingerprint density at radius 1 is 1.43 bits per heavy atom. The summed E-state index contributed by atoms with van der Waals surface area (Å²) in [6.07, 6.45) is 5.21. The Morgan fingerprint density at radius 3 is 3.10 bits per heavy atom. The second-order valence-corrected chi connectivity index (χ2v) is 5.63. The summed E-state index contributed by atoms with van der Waals surface area (Å²) < 4.78 is 6.77. The van der Waals surface area contributed by atoms with E-state index < -0.39 is 0 Å². The van der Waals surface area contributed by atoms with Crippen LogP contribution < -0.4 is 5.73 Å². The number of pyridine rings is 1. The topological polar surface area (TPSA) is 91.2 Å². The molecule has 0 bridgehead atoms. The molecule has 8 heteroatoms. The standard InChI is InChI=1S/C13H16N6OS/c1-20-7-3-5-10(14)12-18-19-11(16-17-13(19)21-12)9-4-2-6-15-8-9/h2,4,6,8,10H,3,5,7,14H2,1H3. The molecule has 7 nitrogen and oxygen atoms in total. The summed E-state index contributed by atoms with van der Waals surface area (Å²) in [5.74, 6) is 0.685. The average molecular weight is 304 g/mol. The van der Waals surface area contributed by atoms with Crippen LogP contribution in [0.1, 0.15) is 23.9 Å². The number of hydrogen-bond donors (Lipinski definition) is 1. The maximum Gasteiger partial charge on any atom is 0.235 e. The van der Waals surface area contributed by atoms with Crippen LogP contribution in [0.5, 0.6) is 0 Å². The van der Waals surface area contributed by atoms with E-state index in [4.69, 9.17) is 10.5 Å². The van der Waals surface area contributed by atoms with Gasteiger partial charge in [-0.3, -0.25) is 4.98 Å². The van der Waals surface area contributed by atoms with Crippen molar-refractivity contribution >= 4 is 16.3 Å². The number of fused-ring (bicyclic) bond motifs is 1. The lowest BCUT2D eigenvalue weighted by molar-refractivity contribution is 0.190. The molecule has 3 rings (SSSR count). The molecule has 3 heterocycles. The molecule has 0 aromatic carbocycles. The highest BCUT2D eigenvalue weighted by atomic mass is 32.1. The van der Waals surface area contributed by atoms with Gasteiger partial charge in [0.2, 0.25) is 4.96 Å². The molecule has 0 radical (unpaired) electrons. The first kappa shape index (κ1) is 14.1. The molecule has 0 fully saturated rings. The monoisotopic (exact) mass is 304 g/mol. The van der Waals surface area contributed by atoms with Crippen molar-refractivity contribution in [3.05, 3.63) is 29.5 Å². The first-order valence-electron chi connectivity index (χ1n) is 6.66. The molecule has 0 saturated carbocycles. The summed E-state index contributed by atoms with van der Waals surface area (Å²) in [6.45, 7) is 0.707. The fourth-order valence-corrected chi connectivity index (χ4v) is 2.90. The maximum atomic E-state index is 6.17. The Hall–Kier alpha value is -1.90. The van der Waals surface area contributed by atoms with E-state index in [2.05, 4.69) is 20.3 Å². The van der Waals surface area contributed by atoms with Gasteiger partial charge in [-0.05, 0) is 25.0 Å². The average Bonchev–Trinajstić information content (AvgIpc) is 3.08. The zero-order valence-corrected chi connectivity index (χ0v) is 12.5. The highest BCUT2D eigenvalue weighted by Crippen LogP contribution is 2.25. The maximum absolute atomic E-state index is 6.17. The van der Waals surface area contributed by atoms with E-state index in [-0.39, 0.29) is 6.04 Å². The van der Waals surface area contributed by atoms with Crippen molar-refractivity contribution in [1.29, 1.82) is 0 Å².